The van der Waals surface area contributed by atoms with E-state index < -0.39 is 5.41 Å². The van der Waals surface area contributed by atoms with E-state index in [1.54, 1.807) is 4.90 Å². The van der Waals surface area contributed by atoms with Crippen molar-refractivity contribution in [2.24, 2.45) is 5.41 Å². The maximum atomic E-state index is 12.7. The summed E-state index contributed by atoms with van der Waals surface area (Å²) in [5, 5.41) is 3.47. The summed E-state index contributed by atoms with van der Waals surface area (Å²) in [4.78, 5) is 26.6. The van der Waals surface area contributed by atoms with Gasteiger partial charge >= 0.3 is 0 Å². The summed E-state index contributed by atoms with van der Waals surface area (Å²) >= 11 is 0. The van der Waals surface area contributed by atoms with E-state index in [0.29, 0.717) is 12.5 Å². The molecular weight excluding hydrogens is 252 g/mol. The van der Waals surface area contributed by atoms with Gasteiger partial charge in [0.2, 0.25) is 11.8 Å². The van der Waals surface area contributed by atoms with Crippen LogP contribution in [0.2, 0.25) is 0 Å². The average Bonchev–Trinajstić information content (AvgIpc) is 2.72. The summed E-state index contributed by atoms with van der Waals surface area (Å²) in [6.45, 7) is 7.17. The minimum Gasteiger partial charge on any atom is -0.314 e. The Labute approximate surface area is 122 Å². The molecule has 1 saturated heterocycles. The molecule has 0 atom stereocenters. The molecule has 20 heavy (non-hydrogen) atoms. The topological polar surface area (TPSA) is 49.4 Å². The molecule has 0 spiro atoms. The number of hydrogen-bond acceptors (Lipinski definition) is 3. The Balaban J connectivity index is 2.03. The van der Waals surface area contributed by atoms with Gasteiger partial charge in [-0.3, -0.25) is 14.5 Å². The Morgan fingerprint density at radius 3 is 2.15 bits per heavy atom. The van der Waals surface area contributed by atoms with Crippen molar-refractivity contribution in [1.82, 2.24) is 10.2 Å². The van der Waals surface area contributed by atoms with Crippen LogP contribution in [0.5, 0.6) is 0 Å². The van der Waals surface area contributed by atoms with Gasteiger partial charge in [-0.05, 0) is 45.1 Å². The third-order valence-electron chi connectivity index (χ3n) is 5.34. The minimum atomic E-state index is -0.407. The Hall–Kier alpha value is -0.900. The standard InChI is InChI=1S/C16H28N2O2/c1-4-16(5-2)11-14(19)18(15(16)20)13-9-7-12(8-10-13)17-6-3/h12-13,17H,4-11H2,1-3H3. The number of nitrogens with one attached hydrogen (secondary N) is 1. The second-order valence-corrected chi connectivity index (χ2v) is 6.30. The number of imide groups is 1. The van der Waals surface area contributed by atoms with Gasteiger partial charge < -0.3 is 5.32 Å². The van der Waals surface area contributed by atoms with E-state index in [-0.39, 0.29) is 17.9 Å². The van der Waals surface area contributed by atoms with Gasteiger partial charge in [0, 0.05) is 18.5 Å². The molecule has 2 fully saturated rings. The van der Waals surface area contributed by atoms with Gasteiger partial charge in [-0.2, -0.15) is 0 Å². The van der Waals surface area contributed by atoms with E-state index in [1.165, 1.54) is 0 Å². The molecule has 1 aliphatic heterocycles. The molecule has 0 aromatic carbocycles. The fraction of sp³-hybridized carbons (Fsp3) is 0.875. The summed E-state index contributed by atoms with van der Waals surface area (Å²) in [6.07, 6.45) is 6.03. The first kappa shape index (κ1) is 15.5. The molecule has 0 aromatic heterocycles. The molecule has 114 valence electrons. The molecule has 4 heteroatoms. The zero-order valence-electron chi connectivity index (χ0n) is 13.1. The Bertz CT molecular complexity index is 369. The number of carbonyl (C=O) groups is 2. The van der Waals surface area contributed by atoms with Gasteiger partial charge in [-0.1, -0.05) is 20.8 Å². The molecule has 0 radical (unpaired) electrons. The number of rotatable bonds is 5. The van der Waals surface area contributed by atoms with Crippen LogP contribution in [0.25, 0.3) is 0 Å². The Kier molecular flexibility index (Phi) is 4.84. The van der Waals surface area contributed by atoms with E-state index in [1.807, 2.05) is 13.8 Å². The molecule has 0 bridgehead atoms. The highest BCUT2D eigenvalue weighted by atomic mass is 16.2. The molecule has 1 saturated carbocycles. The second kappa shape index (κ2) is 6.25. The van der Waals surface area contributed by atoms with E-state index in [0.717, 1.165) is 45.1 Å². The fourth-order valence-corrected chi connectivity index (χ4v) is 3.82. The smallest absolute Gasteiger partial charge is 0.236 e. The normalized spacial score (nSPS) is 30.1. The molecule has 1 N–H and O–H groups in total. The molecular formula is C16H28N2O2. The van der Waals surface area contributed by atoms with Crippen LogP contribution in [-0.4, -0.2) is 35.3 Å². The first-order valence-electron chi connectivity index (χ1n) is 8.17. The van der Waals surface area contributed by atoms with Gasteiger partial charge in [0.15, 0.2) is 0 Å². The van der Waals surface area contributed by atoms with E-state index in [4.69, 9.17) is 0 Å². The molecule has 4 nitrogen and oxygen atoms in total. The monoisotopic (exact) mass is 280 g/mol. The van der Waals surface area contributed by atoms with Gasteiger partial charge in [0.05, 0.1) is 5.41 Å². The van der Waals surface area contributed by atoms with Gasteiger partial charge in [0.1, 0.15) is 0 Å². The summed E-state index contributed by atoms with van der Waals surface area (Å²) in [6, 6.07) is 0.705. The SMILES string of the molecule is CCNC1CCC(N2C(=O)CC(CC)(CC)C2=O)CC1. The largest absolute Gasteiger partial charge is 0.314 e. The van der Waals surface area contributed by atoms with Crippen molar-refractivity contribution < 1.29 is 9.59 Å². The predicted octanol–water partition coefficient (Wildman–Crippen LogP) is 2.47. The highest BCUT2D eigenvalue weighted by Crippen LogP contribution is 2.41. The first-order chi connectivity index (χ1) is 9.57. The van der Waals surface area contributed by atoms with Crippen molar-refractivity contribution in [2.45, 2.75) is 77.8 Å². The molecule has 2 amide bonds. The minimum absolute atomic E-state index is 0.0607. The van der Waals surface area contributed by atoms with Crippen molar-refractivity contribution in [3.05, 3.63) is 0 Å². The van der Waals surface area contributed by atoms with Crippen LogP contribution in [0.3, 0.4) is 0 Å². The highest BCUT2D eigenvalue weighted by Gasteiger charge is 2.51. The van der Waals surface area contributed by atoms with Gasteiger partial charge in [-0.15, -0.1) is 0 Å². The zero-order chi connectivity index (χ0) is 14.8. The number of nitrogens with zero attached hydrogens (tertiary/aromatic N) is 1. The van der Waals surface area contributed by atoms with Crippen molar-refractivity contribution >= 4 is 11.8 Å². The molecule has 2 rings (SSSR count). The van der Waals surface area contributed by atoms with Crippen LogP contribution in [0, 0.1) is 5.41 Å². The van der Waals surface area contributed by atoms with E-state index in [2.05, 4.69) is 12.2 Å². The van der Waals surface area contributed by atoms with Crippen LogP contribution < -0.4 is 5.32 Å². The second-order valence-electron chi connectivity index (χ2n) is 6.30. The zero-order valence-corrected chi connectivity index (χ0v) is 13.1. The molecule has 1 heterocycles. The lowest BCUT2D eigenvalue weighted by molar-refractivity contribution is -0.145. The third kappa shape index (κ3) is 2.62. The number of likely N-dealkylation sites (tertiary alicyclic amines) is 1. The number of amides is 2. The van der Waals surface area contributed by atoms with Crippen molar-refractivity contribution in [2.75, 3.05) is 6.54 Å². The number of carbonyl (C=O) groups excluding carboxylic acids is 2. The predicted molar refractivity (Wildman–Crippen MR) is 79.2 cm³/mol. The molecule has 0 unspecified atom stereocenters. The molecule has 0 aromatic rings. The van der Waals surface area contributed by atoms with E-state index >= 15 is 0 Å². The van der Waals surface area contributed by atoms with Crippen molar-refractivity contribution in [1.29, 1.82) is 0 Å². The summed E-state index contributed by atoms with van der Waals surface area (Å²) in [5.74, 6) is 0.157. The third-order valence-corrected chi connectivity index (χ3v) is 5.34. The summed E-state index contributed by atoms with van der Waals surface area (Å²) in [7, 11) is 0. The van der Waals surface area contributed by atoms with Gasteiger partial charge in [0.25, 0.3) is 0 Å². The first-order valence-corrected chi connectivity index (χ1v) is 8.17. The lowest BCUT2D eigenvalue weighted by Gasteiger charge is -2.35. The van der Waals surface area contributed by atoms with Crippen LogP contribution >= 0.6 is 0 Å². The summed E-state index contributed by atoms with van der Waals surface area (Å²) < 4.78 is 0. The fourth-order valence-electron chi connectivity index (χ4n) is 3.82. The lowest BCUT2D eigenvalue weighted by atomic mass is 9.80. The van der Waals surface area contributed by atoms with Crippen molar-refractivity contribution in [3.63, 3.8) is 0 Å². The van der Waals surface area contributed by atoms with Crippen LogP contribution in [0.15, 0.2) is 0 Å². The molecule has 2 aliphatic rings. The highest BCUT2D eigenvalue weighted by molar-refractivity contribution is 6.06. The summed E-state index contributed by atoms with van der Waals surface area (Å²) in [5.41, 5.74) is -0.407. The maximum absolute atomic E-state index is 12.7. The van der Waals surface area contributed by atoms with Crippen LogP contribution in [0.1, 0.15) is 65.7 Å². The van der Waals surface area contributed by atoms with E-state index in [9.17, 15) is 9.59 Å². The van der Waals surface area contributed by atoms with Gasteiger partial charge in [-0.25, -0.2) is 0 Å². The number of hydrogen-bond donors (Lipinski definition) is 1. The maximum Gasteiger partial charge on any atom is 0.236 e. The Morgan fingerprint density at radius 1 is 1.10 bits per heavy atom. The van der Waals surface area contributed by atoms with Crippen LogP contribution in [-0.2, 0) is 9.59 Å². The van der Waals surface area contributed by atoms with Crippen molar-refractivity contribution in [3.8, 4) is 0 Å². The quantitative estimate of drug-likeness (QED) is 0.787. The lowest BCUT2D eigenvalue weighted by Crippen LogP contribution is -2.46. The molecule has 1 aliphatic carbocycles. The van der Waals surface area contributed by atoms with Crippen LogP contribution in [0.4, 0.5) is 0 Å². The Morgan fingerprint density at radius 2 is 1.70 bits per heavy atom. The average molecular weight is 280 g/mol.